The molecule has 11 heteroatoms. The number of anilines is 1. The highest BCUT2D eigenvalue weighted by molar-refractivity contribution is 7.89. The van der Waals surface area contributed by atoms with E-state index >= 15 is 0 Å². The van der Waals surface area contributed by atoms with Crippen molar-refractivity contribution in [1.82, 2.24) is 14.3 Å². The highest BCUT2D eigenvalue weighted by Crippen LogP contribution is 2.53. The second-order valence-corrected chi connectivity index (χ2v) is 16.0. The number of nitrogens with zero attached hydrogens (tertiary/aromatic N) is 4. The standard InChI is InChI=1S/C35H46N4O6S/c1-25(2)35(18-19-35)27-16-14-26(15-17-27)22-38(46(42,43)29-12-10-20-36-21-29)23-28-11-9-13-30(37-28)39(32(41)45-34(6,7)8)24-31(40)44-33(3,4)5/h9-17,20-21,25H,18-19,22-24H2,1-8H3. The Labute approximate surface area is 273 Å². The summed E-state index contributed by atoms with van der Waals surface area (Å²) in [6.07, 6.45) is 4.37. The van der Waals surface area contributed by atoms with Gasteiger partial charge in [-0.05, 0) is 101 Å². The molecule has 1 aliphatic rings. The summed E-state index contributed by atoms with van der Waals surface area (Å²) >= 11 is 0. The van der Waals surface area contributed by atoms with Crippen molar-refractivity contribution in [2.24, 2.45) is 5.92 Å². The van der Waals surface area contributed by atoms with Gasteiger partial charge >= 0.3 is 12.1 Å². The van der Waals surface area contributed by atoms with E-state index in [2.05, 4.69) is 35.9 Å². The number of esters is 1. The fraction of sp³-hybridized carbons (Fsp3) is 0.486. The maximum Gasteiger partial charge on any atom is 0.416 e. The number of pyridine rings is 2. The zero-order valence-corrected chi connectivity index (χ0v) is 28.9. The van der Waals surface area contributed by atoms with E-state index in [1.54, 1.807) is 65.8 Å². The van der Waals surface area contributed by atoms with E-state index in [-0.39, 0.29) is 29.2 Å². The zero-order chi connectivity index (χ0) is 33.9. The molecular weight excluding hydrogens is 604 g/mol. The largest absolute Gasteiger partial charge is 0.459 e. The van der Waals surface area contributed by atoms with Gasteiger partial charge in [0.1, 0.15) is 28.5 Å². The van der Waals surface area contributed by atoms with Crippen molar-refractivity contribution in [1.29, 1.82) is 0 Å². The molecule has 0 saturated heterocycles. The molecular formula is C35H46N4O6S. The van der Waals surface area contributed by atoms with Crippen LogP contribution in [0.5, 0.6) is 0 Å². The minimum Gasteiger partial charge on any atom is -0.459 e. The van der Waals surface area contributed by atoms with Crippen LogP contribution in [0.3, 0.4) is 0 Å². The molecule has 46 heavy (non-hydrogen) atoms. The lowest BCUT2D eigenvalue weighted by Crippen LogP contribution is -2.42. The van der Waals surface area contributed by atoms with Gasteiger partial charge in [-0.25, -0.2) is 18.2 Å². The van der Waals surface area contributed by atoms with Crippen LogP contribution in [0.25, 0.3) is 0 Å². The Bertz CT molecular complexity index is 1620. The number of rotatable bonds is 11. The van der Waals surface area contributed by atoms with E-state index in [0.717, 1.165) is 23.3 Å². The third kappa shape index (κ3) is 8.91. The number of carbonyl (C=O) groups excluding carboxylic acids is 2. The quantitative estimate of drug-likeness (QED) is 0.212. The van der Waals surface area contributed by atoms with E-state index in [9.17, 15) is 18.0 Å². The number of sulfonamides is 1. The SMILES string of the molecule is CC(C)C1(c2ccc(CN(Cc3cccc(N(CC(=O)OC(C)(C)C)C(=O)OC(C)(C)C)n3)S(=O)(=O)c3cccnc3)cc2)CC1. The van der Waals surface area contributed by atoms with Gasteiger partial charge in [0.25, 0.3) is 0 Å². The van der Waals surface area contributed by atoms with Crippen LogP contribution in [0.4, 0.5) is 10.6 Å². The molecule has 1 saturated carbocycles. The fourth-order valence-electron chi connectivity index (χ4n) is 5.30. The zero-order valence-electron chi connectivity index (χ0n) is 28.1. The van der Waals surface area contributed by atoms with E-state index in [0.29, 0.717) is 11.6 Å². The molecule has 248 valence electrons. The van der Waals surface area contributed by atoms with Crippen molar-refractivity contribution >= 4 is 27.9 Å². The van der Waals surface area contributed by atoms with Crippen molar-refractivity contribution in [3.63, 3.8) is 0 Å². The summed E-state index contributed by atoms with van der Waals surface area (Å²) in [4.78, 5) is 35.9. The Morgan fingerprint density at radius 1 is 0.891 bits per heavy atom. The van der Waals surface area contributed by atoms with Crippen molar-refractivity contribution < 1.29 is 27.5 Å². The maximum absolute atomic E-state index is 13.9. The lowest BCUT2D eigenvalue weighted by Gasteiger charge is -2.28. The topological polar surface area (TPSA) is 119 Å². The molecule has 0 bridgehead atoms. The van der Waals surface area contributed by atoms with Gasteiger partial charge in [0.2, 0.25) is 10.0 Å². The molecule has 1 aromatic carbocycles. The highest BCUT2D eigenvalue weighted by atomic mass is 32.2. The van der Waals surface area contributed by atoms with Crippen molar-refractivity contribution in [2.75, 3.05) is 11.4 Å². The summed E-state index contributed by atoms with van der Waals surface area (Å²) in [6, 6.07) is 16.2. The molecule has 0 N–H and O–H groups in total. The first-order chi connectivity index (χ1) is 21.4. The lowest BCUT2D eigenvalue weighted by molar-refractivity contribution is -0.153. The third-order valence-corrected chi connectivity index (χ3v) is 9.56. The monoisotopic (exact) mass is 650 g/mol. The predicted octanol–water partition coefficient (Wildman–Crippen LogP) is 6.64. The van der Waals surface area contributed by atoms with Crippen LogP contribution in [-0.4, -0.2) is 52.5 Å². The number of aromatic nitrogens is 2. The fourth-order valence-corrected chi connectivity index (χ4v) is 6.66. The van der Waals surface area contributed by atoms with Gasteiger partial charge in [0.15, 0.2) is 0 Å². The molecule has 0 aliphatic heterocycles. The summed E-state index contributed by atoms with van der Waals surface area (Å²) in [5.41, 5.74) is 1.07. The first-order valence-electron chi connectivity index (χ1n) is 15.6. The normalized spacial score (nSPS) is 14.7. The maximum atomic E-state index is 13.9. The lowest BCUT2D eigenvalue weighted by atomic mass is 9.85. The Morgan fingerprint density at radius 2 is 1.54 bits per heavy atom. The summed E-state index contributed by atoms with van der Waals surface area (Å²) in [5, 5.41) is 0. The number of benzene rings is 1. The van der Waals surface area contributed by atoms with Crippen LogP contribution < -0.4 is 4.90 Å². The van der Waals surface area contributed by atoms with Crippen LogP contribution in [0.15, 0.2) is 71.9 Å². The summed E-state index contributed by atoms with van der Waals surface area (Å²) < 4.78 is 40.3. The molecule has 2 aromatic heterocycles. The molecule has 0 atom stereocenters. The summed E-state index contributed by atoms with van der Waals surface area (Å²) in [5.74, 6) is 0.0130. The molecule has 2 heterocycles. The molecule has 0 spiro atoms. The van der Waals surface area contributed by atoms with Gasteiger partial charge < -0.3 is 9.47 Å². The second-order valence-electron chi connectivity index (χ2n) is 14.1. The molecule has 4 rings (SSSR count). The number of amides is 1. The number of hydrogen-bond donors (Lipinski definition) is 0. The number of ether oxygens (including phenoxy) is 2. The first-order valence-corrected chi connectivity index (χ1v) is 17.0. The first kappa shape index (κ1) is 35.0. The van der Waals surface area contributed by atoms with E-state index < -0.39 is 39.8 Å². The smallest absolute Gasteiger partial charge is 0.416 e. The van der Waals surface area contributed by atoms with Gasteiger partial charge in [-0.1, -0.05) is 44.2 Å². The second kappa shape index (κ2) is 13.5. The van der Waals surface area contributed by atoms with Gasteiger partial charge in [-0.3, -0.25) is 14.7 Å². The van der Waals surface area contributed by atoms with E-state index in [1.807, 2.05) is 12.1 Å². The minimum atomic E-state index is -4.00. The van der Waals surface area contributed by atoms with Crippen molar-refractivity contribution in [2.45, 2.75) is 103 Å². The summed E-state index contributed by atoms with van der Waals surface area (Å²) in [7, 11) is -4.00. The van der Waals surface area contributed by atoms with Crippen LogP contribution in [-0.2, 0) is 42.8 Å². The molecule has 1 fully saturated rings. The Kier molecular flexibility index (Phi) is 10.3. The molecule has 10 nitrogen and oxygen atoms in total. The molecule has 1 aliphatic carbocycles. The molecule has 0 unspecified atom stereocenters. The number of hydrogen-bond acceptors (Lipinski definition) is 8. The molecule has 3 aromatic rings. The van der Waals surface area contributed by atoms with Crippen LogP contribution >= 0.6 is 0 Å². The molecule has 1 amide bonds. The van der Waals surface area contributed by atoms with E-state index in [4.69, 9.17) is 9.47 Å². The Balaban J connectivity index is 1.66. The van der Waals surface area contributed by atoms with Gasteiger partial charge in [-0.2, -0.15) is 4.31 Å². The van der Waals surface area contributed by atoms with Gasteiger partial charge in [-0.15, -0.1) is 0 Å². The minimum absolute atomic E-state index is 0.0554. The Morgan fingerprint density at radius 3 is 2.09 bits per heavy atom. The van der Waals surface area contributed by atoms with E-state index in [1.165, 1.54) is 28.3 Å². The van der Waals surface area contributed by atoms with Crippen LogP contribution in [0.2, 0.25) is 0 Å². The average Bonchev–Trinajstić information content (AvgIpc) is 3.77. The van der Waals surface area contributed by atoms with Crippen molar-refractivity contribution in [3.8, 4) is 0 Å². The third-order valence-electron chi connectivity index (χ3n) is 7.78. The molecule has 0 radical (unpaired) electrons. The average molecular weight is 651 g/mol. The summed E-state index contributed by atoms with van der Waals surface area (Å²) in [6.45, 7) is 14.4. The number of carbonyl (C=O) groups is 2. The van der Waals surface area contributed by atoms with Gasteiger partial charge in [0, 0.05) is 18.9 Å². The van der Waals surface area contributed by atoms with Crippen LogP contribution in [0, 0.1) is 5.92 Å². The highest BCUT2D eigenvalue weighted by Gasteiger charge is 2.46. The van der Waals surface area contributed by atoms with Crippen LogP contribution in [0.1, 0.15) is 85.1 Å². The van der Waals surface area contributed by atoms with Gasteiger partial charge in [0.05, 0.1) is 12.2 Å². The Hall–Kier alpha value is -3.83. The predicted molar refractivity (Wildman–Crippen MR) is 177 cm³/mol. The van der Waals surface area contributed by atoms with Crippen molar-refractivity contribution in [3.05, 3.63) is 83.8 Å².